The Hall–Kier alpha value is -2.22. The van der Waals surface area contributed by atoms with Crippen molar-refractivity contribution in [2.45, 2.75) is 26.7 Å². The highest BCUT2D eigenvalue weighted by Gasteiger charge is 2.16. The van der Waals surface area contributed by atoms with Crippen molar-refractivity contribution in [1.82, 2.24) is 24.9 Å². The monoisotopic (exact) mass is 421 g/mol. The number of carbonyl (C=O) groups is 1. The van der Waals surface area contributed by atoms with E-state index in [-0.39, 0.29) is 5.91 Å². The molecule has 0 saturated heterocycles. The lowest BCUT2D eigenvalue weighted by Crippen LogP contribution is -2.27. The zero-order chi connectivity index (χ0) is 20.3. The van der Waals surface area contributed by atoms with E-state index in [1.54, 1.807) is 29.8 Å². The number of benzene rings is 1. The van der Waals surface area contributed by atoms with E-state index in [1.165, 1.54) is 0 Å². The van der Waals surface area contributed by atoms with Crippen LogP contribution < -0.4 is 5.32 Å². The van der Waals surface area contributed by atoms with Gasteiger partial charge in [0.2, 0.25) is 5.91 Å². The quantitative estimate of drug-likeness (QED) is 0.591. The third-order valence-corrected chi connectivity index (χ3v) is 5.00. The summed E-state index contributed by atoms with van der Waals surface area (Å²) in [5.41, 5.74) is 3.40. The molecule has 7 nitrogen and oxygen atoms in total. The van der Waals surface area contributed by atoms with Crippen LogP contribution in [0, 0.1) is 13.8 Å². The van der Waals surface area contributed by atoms with Gasteiger partial charge >= 0.3 is 0 Å². The highest BCUT2D eigenvalue weighted by atomic mass is 35.5. The van der Waals surface area contributed by atoms with Gasteiger partial charge in [0.1, 0.15) is 0 Å². The molecular formula is C19H21Cl2N5O2. The molecule has 2 aromatic heterocycles. The van der Waals surface area contributed by atoms with Crippen molar-refractivity contribution in [2.75, 3.05) is 20.3 Å². The predicted octanol–water partition coefficient (Wildman–Crippen LogP) is 3.41. The van der Waals surface area contributed by atoms with Gasteiger partial charge in [0, 0.05) is 42.0 Å². The number of halogens is 2. The van der Waals surface area contributed by atoms with Gasteiger partial charge in [-0.15, -0.1) is 5.10 Å². The highest BCUT2D eigenvalue weighted by molar-refractivity contribution is 6.36. The van der Waals surface area contributed by atoms with Crippen LogP contribution in [-0.4, -0.2) is 45.8 Å². The second-order valence-electron chi connectivity index (χ2n) is 6.38. The SMILES string of the molecule is COCCNC(=O)CCc1c(C)nc2nc(-c3ccc(Cl)cc3Cl)nn2c1C. The van der Waals surface area contributed by atoms with E-state index in [9.17, 15) is 4.79 Å². The van der Waals surface area contributed by atoms with Gasteiger partial charge in [-0.25, -0.2) is 9.50 Å². The maximum Gasteiger partial charge on any atom is 0.253 e. The first-order valence-electron chi connectivity index (χ1n) is 8.84. The van der Waals surface area contributed by atoms with E-state index in [2.05, 4.69) is 20.4 Å². The van der Waals surface area contributed by atoms with Crippen LogP contribution in [0.2, 0.25) is 10.0 Å². The van der Waals surface area contributed by atoms with E-state index in [4.69, 9.17) is 27.9 Å². The second kappa shape index (κ2) is 8.86. The van der Waals surface area contributed by atoms with Crippen molar-refractivity contribution < 1.29 is 9.53 Å². The molecule has 3 rings (SSSR count). The standard InChI is InChI=1S/C19H21Cl2N5O2/c1-11-14(6-7-17(27)22-8-9-28-3)12(2)26-19(23-11)24-18(25-26)15-5-4-13(20)10-16(15)21/h4-5,10H,6-9H2,1-3H3,(H,22,27). The number of ether oxygens (including phenoxy) is 1. The van der Waals surface area contributed by atoms with E-state index < -0.39 is 0 Å². The number of nitrogens with zero attached hydrogens (tertiary/aromatic N) is 4. The van der Waals surface area contributed by atoms with Crippen molar-refractivity contribution in [3.63, 3.8) is 0 Å². The van der Waals surface area contributed by atoms with Gasteiger partial charge in [0.25, 0.3) is 5.78 Å². The van der Waals surface area contributed by atoms with Crippen LogP contribution in [0.25, 0.3) is 17.2 Å². The third kappa shape index (κ3) is 4.43. The number of methoxy groups -OCH3 is 1. The Balaban J connectivity index is 1.86. The summed E-state index contributed by atoms with van der Waals surface area (Å²) in [5.74, 6) is 0.943. The van der Waals surface area contributed by atoms with Crippen LogP contribution in [0.3, 0.4) is 0 Å². The predicted molar refractivity (Wildman–Crippen MR) is 109 cm³/mol. The van der Waals surface area contributed by atoms with Crippen LogP contribution in [0.15, 0.2) is 18.2 Å². The zero-order valence-electron chi connectivity index (χ0n) is 15.9. The van der Waals surface area contributed by atoms with Crippen LogP contribution >= 0.6 is 23.2 Å². The minimum absolute atomic E-state index is 0.0248. The van der Waals surface area contributed by atoms with Crippen LogP contribution in [0.1, 0.15) is 23.4 Å². The maximum absolute atomic E-state index is 12.0. The van der Waals surface area contributed by atoms with Crippen molar-refractivity contribution in [2.24, 2.45) is 0 Å². The average Bonchev–Trinajstić information content (AvgIpc) is 3.05. The lowest BCUT2D eigenvalue weighted by molar-refractivity contribution is -0.121. The Morgan fingerprint density at radius 1 is 1.25 bits per heavy atom. The molecular weight excluding hydrogens is 401 g/mol. The molecule has 0 aliphatic rings. The Morgan fingerprint density at radius 2 is 2.04 bits per heavy atom. The van der Waals surface area contributed by atoms with E-state index in [1.807, 2.05) is 13.8 Å². The number of aryl methyl sites for hydroxylation is 2. The number of fused-ring (bicyclic) bond motifs is 1. The van der Waals surface area contributed by atoms with Gasteiger partial charge < -0.3 is 10.1 Å². The molecule has 0 aliphatic carbocycles. The summed E-state index contributed by atoms with van der Waals surface area (Å²) in [7, 11) is 1.60. The lowest BCUT2D eigenvalue weighted by atomic mass is 10.1. The lowest BCUT2D eigenvalue weighted by Gasteiger charge is -2.10. The fourth-order valence-corrected chi connectivity index (χ4v) is 3.47. The normalized spacial score (nSPS) is 11.2. The number of amides is 1. The van der Waals surface area contributed by atoms with Crippen LogP contribution in [0.4, 0.5) is 0 Å². The third-order valence-electron chi connectivity index (χ3n) is 4.45. The van der Waals surface area contributed by atoms with Gasteiger partial charge in [0.15, 0.2) is 5.82 Å². The minimum Gasteiger partial charge on any atom is -0.383 e. The van der Waals surface area contributed by atoms with Gasteiger partial charge in [-0.2, -0.15) is 4.98 Å². The van der Waals surface area contributed by atoms with Crippen LogP contribution in [0.5, 0.6) is 0 Å². The molecule has 0 fully saturated rings. The molecule has 0 atom stereocenters. The second-order valence-corrected chi connectivity index (χ2v) is 7.22. The largest absolute Gasteiger partial charge is 0.383 e. The molecule has 2 heterocycles. The molecule has 1 amide bonds. The molecule has 148 valence electrons. The average molecular weight is 422 g/mol. The summed E-state index contributed by atoms with van der Waals surface area (Å²) in [6, 6.07) is 5.18. The summed E-state index contributed by atoms with van der Waals surface area (Å²) >= 11 is 12.3. The minimum atomic E-state index is -0.0248. The number of rotatable bonds is 7. The number of carbonyl (C=O) groups excluding carboxylic acids is 1. The van der Waals surface area contributed by atoms with E-state index in [0.29, 0.717) is 53.2 Å². The molecule has 0 radical (unpaired) electrons. The molecule has 3 aromatic rings. The van der Waals surface area contributed by atoms with Crippen molar-refractivity contribution in [3.8, 4) is 11.4 Å². The Labute approximate surface area is 173 Å². The summed E-state index contributed by atoms with van der Waals surface area (Å²) in [5, 5.41) is 8.41. The molecule has 0 saturated carbocycles. The molecule has 0 unspecified atom stereocenters. The Morgan fingerprint density at radius 3 is 2.75 bits per heavy atom. The summed E-state index contributed by atoms with van der Waals surface area (Å²) < 4.78 is 6.62. The van der Waals surface area contributed by atoms with E-state index >= 15 is 0 Å². The van der Waals surface area contributed by atoms with Gasteiger partial charge in [-0.05, 0) is 44.0 Å². The number of hydrogen-bond acceptors (Lipinski definition) is 5. The smallest absolute Gasteiger partial charge is 0.253 e. The summed E-state index contributed by atoms with van der Waals surface area (Å²) in [4.78, 5) is 21.0. The molecule has 0 spiro atoms. The zero-order valence-corrected chi connectivity index (χ0v) is 17.4. The molecule has 28 heavy (non-hydrogen) atoms. The first-order valence-corrected chi connectivity index (χ1v) is 9.60. The van der Waals surface area contributed by atoms with Gasteiger partial charge in [0.05, 0.1) is 11.6 Å². The van der Waals surface area contributed by atoms with Crippen molar-refractivity contribution >= 4 is 34.9 Å². The summed E-state index contributed by atoms with van der Waals surface area (Å²) in [6.45, 7) is 4.85. The number of nitrogens with one attached hydrogen (secondary N) is 1. The molecule has 1 N–H and O–H groups in total. The van der Waals surface area contributed by atoms with E-state index in [0.717, 1.165) is 17.0 Å². The van der Waals surface area contributed by atoms with Gasteiger partial charge in [-0.1, -0.05) is 23.2 Å². The first-order chi connectivity index (χ1) is 13.4. The molecule has 1 aromatic carbocycles. The molecule has 0 bridgehead atoms. The number of aromatic nitrogens is 4. The topological polar surface area (TPSA) is 81.4 Å². The van der Waals surface area contributed by atoms with Crippen LogP contribution in [-0.2, 0) is 16.0 Å². The number of hydrogen-bond donors (Lipinski definition) is 1. The summed E-state index contributed by atoms with van der Waals surface area (Å²) in [6.07, 6.45) is 0.930. The highest BCUT2D eigenvalue weighted by Crippen LogP contribution is 2.29. The fraction of sp³-hybridized carbons (Fsp3) is 0.368. The Kier molecular flexibility index (Phi) is 6.49. The first kappa shape index (κ1) is 20.5. The van der Waals surface area contributed by atoms with Crippen molar-refractivity contribution in [1.29, 1.82) is 0 Å². The maximum atomic E-state index is 12.0. The molecule has 9 heteroatoms. The Bertz CT molecular complexity index is 1020. The van der Waals surface area contributed by atoms with Gasteiger partial charge in [-0.3, -0.25) is 4.79 Å². The fourth-order valence-electron chi connectivity index (χ4n) is 2.97. The molecule has 0 aliphatic heterocycles. The van der Waals surface area contributed by atoms with Crippen molar-refractivity contribution in [3.05, 3.63) is 45.2 Å².